The van der Waals surface area contributed by atoms with E-state index < -0.39 is 10.0 Å². The number of rotatable bonds is 4. The van der Waals surface area contributed by atoms with Gasteiger partial charge in [0.15, 0.2) is 10.4 Å². The quantitative estimate of drug-likeness (QED) is 0.847. The van der Waals surface area contributed by atoms with Gasteiger partial charge >= 0.3 is 0 Å². The third-order valence-electron chi connectivity index (χ3n) is 2.15. The zero-order valence-corrected chi connectivity index (χ0v) is 13.5. The third kappa shape index (κ3) is 4.26. The lowest BCUT2D eigenvalue weighted by atomic mass is 10.2. The summed E-state index contributed by atoms with van der Waals surface area (Å²) in [5.74, 6) is 0.0528. The Morgan fingerprint density at radius 2 is 1.84 bits per heavy atom. The standard InChI is InChI=1S/C11H9Br2N3O2S/c12-9-6-14-11(10(13)15-9)16-19(17,18)7-8-4-2-1-3-5-8/h1-6H,7H2,(H,14,16). The largest absolute Gasteiger partial charge is 0.265 e. The second-order valence-corrected chi connectivity index (χ2v) is 6.96. The minimum atomic E-state index is -3.52. The van der Waals surface area contributed by atoms with E-state index in [4.69, 9.17) is 0 Å². The van der Waals surface area contributed by atoms with Crippen molar-refractivity contribution >= 4 is 47.7 Å². The highest BCUT2D eigenvalue weighted by Gasteiger charge is 2.15. The van der Waals surface area contributed by atoms with Gasteiger partial charge in [-0.3, -0.25) is 4.72 Å². The molecule has 0 saturated carbocycles. The Labute approximate surface area is 127 Å². The van der Waals surface area contributed by atoms with Crippen LogP contribution in [0.2, 0.25) is 0 Å². The predicted molar refractivity (Wildman–Crippen MR) is 80.1 cm³/mol. The Hall–Kier alpha value is -0.990. The molecule has 2 rings (SSSR count). The first-order chi connectivity index (χ1) is 8.96. The van der Waals surface area contributed by atoms with Crippen molar-refractivity contribution < 1.29 is 8.42 Å². The highest BCUT2D eigenvalue weighted by atomic mass is 79.9. The number of sulfonamides is 1. The molecule has 2 aromatic rings. The van der Waals surface area contributed by atoms with Crippen LogP contribution in [-0.2, 0) is 15.8 Å². The smallest absolute Gasteiger partial charge is 0.238 e. The van der Waals surface area contributed by atoms with Gasteiger partial charge in [0.1, 0.15) is 4.60 Å². The molecule has 0 radical (unpaired) electrons. The SMILES string of the molecule is O=S(=O)(Cc1ccccc1)Nc1ncc(Br)nc1Br. The average molecular weight is 407 g/mol. The van der Waals surface area contributed by atoms with E-state index in [0.29, 0.717) is 14.8 Å². The van der Waals surface area contributed by atoms with Crippen LogP contribution >= 0.6 is 31.9 Å². The average Bonchev–Trinajstić information content (AvgIpc) is 2.33. The fraction of sp³-hybridized carbons (Fsp3) is 0.0909. The first kappa shape index (κ1) is 14.4. The summed E-state index contributed by atoms with van der Waals surface area (Å²) in [6, 6.07) is 8.92. The van der Waals surface area contributed by atoms with Gasteiger partial charge in [-0.05, 0) is 37.4 Å². The molecule has 1 aromatic carbocycles. The summed E-state index contributed by atoms with van der Waals surface area (Å²) >= 11 is 6.30. The number of halogens is 2. The number of hydrogen-bond donors (Lipinski definition) is 1. The van der Waals surface area contributed by atoms with Crippen molar-refractivity contribution in [1.82, 2.24) is 9.97 Å². The van der Waals surface area contributed by atoms with Gasteiger partial charge in [0, 0.05) is 0 Å². The molecule has 0 spiro atoms. The summed E-state index contributed by atoms with van der Waals surface area (Å²) in [5, 5.41) is 0. The summed E-state index contributed by atoms with van der Waals surface area (Å²) in [5.41, 5.74) is 0.705. The summed E-state index contributed by atoms with van der Waals surface area (Å²) < 4.78 is 27.2. The number of aromatic nitrogens is 2. The molecule has 0 atom stereocenters. The van der Waals surface area contributed by atoms with E-state index in [0.717, 1.165) is 0 Å². The maximum atomic E-state index is 12.0. The molecule has 0 amide bonds. The van der Waals surface area contributed by atoms with Gasteiger partial charge in [-0.2, -0.15) is 0 Å². The first-order valence-electron chi connectivity index (χ1n) is 5.19. The van der Waals surface area contributed by atoms with Crippen LogP contribution in [0.4, 0.5) is 5.82 Å². The Bertz CT molecular complexity index is 678. The van der Waals surface area contributed by atoms with Gasteiger partial charge in [-0.1, -0.05) is 30.3 Å². The van der Waals surface area contributed by atoms with E-state index in [9.17, 15) is 8.42 Å². The molecular weight excluding hydrogens is 398 g/mol. The Balaban J connectivity index is 2.17. The maximum absolute atomic E-state index is 12.0. The molecule has 8 heteroatoms. The van der Waals surface area contributed by atoms with Crippen molar-refractivity contribution in [3.8, 4) is 0 Å². The van der Waals surface area contributed by atoms with Crippen LogP contribution in [0.15, 0.2) is 45.7 Å². The van der Waals surface area contributed by atoms with E-state index in [1.54, 1.807) is 24.3 Å². The molecule has 19 heavy (non-hydrogen) atoms. The van der Waals surface area contributed by atoms with Crippen molar-refractivity contribution in [3.05, 3.63) is 51.3 Å². The summed E-state index contributed by atoms with van der Waals surface area (Å²) in [6.07, 6.45) is 1.42. The van der Waals surface area contributed by atoms with E-state index in [1.807, 2.05) is 6.07 Å². The van der Waals surface area contributed by atoms with Crippen molar-refractivity contribution in [3.63, 3.8) is 0 Å². The molecule has 0 fully saturated rings. The molecule has 1 aromatic heterocycles. The third-order valence-corrected chi connectivity index (χ3v) is 4.30. The minimum Gasteiger partial charge on any atom is -0.265 e. The fourth-order valence-corrected chi connectivity index (χ4v) is 3.58. The number of hydrogen-bond acceptors (Lipinski definition) is 4. The van der Waals surface area contributed by atoms with Crippen LogP contribution < -0.4 is 4.72 Å². The highest BCUT2D eigenvalue weighted by Crippen LogP contribution is 2.21. The zero-order chi connectivity index (χ0) is 13.9. The normalized spacial score (nSPS) is 11.3. The summed E-state index contributed by atoms with van der Waals surface area (Å²) in [6.45, 7) is 0. The lowest BCUT2D eigenvalue weighted by Gasteiger charge is -2.08. The molecule has 0 saturated heterocycles. The maximum Gasteiger partial charge on any atom is 0.238 e. The molecule has 0 aliphatic carbocycles. The van der Waals surface area contributed by atoms with Gasteiger partial charge in [0.25, 0.3) is 0 Å². The lowest BCUT2D eigenvalue weighted by molar-refractivity contribution is 0.600. The van der Waals surface area contributed by atoms with Crippen LogP contribution in [0, 0.1) is 0 Å². The first-order valence-corrected chi connectivity index (χ1v) is 8.42. The number of anilines is 1. The zero-order valence-electron chi connectivity index (χ0n) is 9.55. The summed E-state index contributed by atoms with van der Waals surface area (Å²) in [7, 11) is -3.52. The van der Waals surface area contributed by atoms with E-state index in [-0.39, 0.29) is 11.6 Å². The van der Waals surface area contributed by atoms with Crippen LogP contribution in [0.25, 0.3) is 0 Å². The monoisotopic (exact) mass is 405 g/mol. The highest BCUT2D eigenvalue weighted by molar-refractivity contribution is 9.11. The van der Waals surface area contributed by atoms with Gasteiger partial charge in [-0.25, -0.2) is 18.4 Å². The summed E-state index contributed by atoms with van der Waals surface area (Å²) in [4.78, 5) is 7.97. The van der Waals surface area contributed by atoms with Crippen LogP contribution in [0.5, 0.6) is 0 Å². The predicted octanol–water partition coefficient (Wildman–Crippen LogP) is 2.94. The number of benzene rings is 1. The molecule has 0 aliphatic heterocycles. The topological polar surface area (TPSA) is 72.0 Å². The van der Waals surface area contributed by atoms with E-state index in [2.05, 4.69) is 46.5 Å². The molecule has 1 N–H and O–H groups in total. The molecular formula is C11H9Br2N3O2S. The van der Waals surface area contributed by atoms with Gasteiger partial charge in [0.2, 0.25) is 10.0 Å². The van der Waals surface area contributed by atoms with Crippen molar-refractivity contribution in [2.24, 2.45) is 0 Å². The Morgan fingerprint density at radius 3 is 2.47 bits per heavy atom. The van der Waals surface area contributed by atoms with Crippen molar-refractivity contribution in [1.29, 1.82) is 0 Å². The number of nitrogens with zero attached hydrogens (tertiary/aromatic N) is 2. The molecule has 0 unspecified atom stereocenters. The molecule has 1 heterocycles. The van der Waals surface area contributed by atoms with Gasteiger partial charge < -0.3 is 0 Å². The van der Waals surface area contributed by atoms with Gasteiger partial charge in [-0.15, -0.1) is 0 Å². The van der Waals surface area contributed by atoms with Gasteiger partial charge in [0.05, 0.1) is 11.9 Å². The molecule has 0 aliphatic rings. The van der Waals surface area contributed by atoms with E-state index >= 15 is 0 Å². The van der Waals surface area contributed by atoms with E-state index in [1.165, 1.54) is 6.20 Å². The number of nitrogens with one attached hydrogen (secondary N) is 1. The van der Waals surface area contributed by atoms with Crippen molar-refractivity contribution in [2.75, 3.05) is 4.72 Å². The van der Waals surface area contributed by atoms with Crippen molar-refractivity contribution in [2.45, 2.75) is 5.75 Å². The lowest BCUT2D eigenvalue weighted by Crippen LogP contribution is -2.16. The van der Waals surface area contributed by atoms with Crippen LogP contribution in [0.3, 0.4) is 0 Å². The molecule has 100 valence electrons. The molecule has 0 bridgehead atoms. The molecule has 5 nitrogen and oxygen atoms in total. The second-order valence-electron chi connectivity index (χ2n) is 3.68. The van der Waals surface area contributed by atoms with Crippen LogP contribution in [-0.4, -0.2) is 18.4 Å². The minimum absolute atomic E-state index is 0.113. The second kappa shape index (κ2) is 5.98. The van der Waals surface area contributed by atoms with Crippen LogP contribution in [0.1, 0.15) is 5.56 Å². The Morgan fingerprint density at radius 1 is 1.16 bits per heavy atom. The fourth-order valence-electron chi connectivity index (χ4n) is 1.39. The Kier molecular flexibility index (Phi) is 4.54.